The highest BCUT2D eigenvalue weighted by atomic mass is 19.1. The molecule has 0 bridgehead atoms. The quantitative estimate of drug-likeness (QED) is 0.724. The summed E-state index contributed by atoms with van der Waals surface area (Å²) in [5, 5.41) is 5.40. The number of pyridine rings is 1. The van der Waals surface area contributed by atoms with Crippen LogP contribution in [0.2, 0.25) is 0 Å². The van der Waals surface area contributed by atoms with Crippen molar-refractivity contribution in [3.8, 4) is 0 Å². The number of halogens is 1. The predicted molar refractivity (Wildman–Crippen MR) is 102 cm³/mol. The van der Waals surface area contributed by atoms with Crippen molar-refractivity contribution in [2.45, 2.75) is 13.8 Å². The van der Waals surface area contributed by atoms with Crippen LogP contribution in [0.5, 0.6) is 0 Å². The number of anilines is 2. The first-order valence-electron chi connectivity index (χ1n) is 8.33. The Hall–Kier alpha value is -3.54. The average molecular weight is 363 g/mol. The van der Waals surface area contributed by atoms with Gasteiger partial charge in [0.05, 0.1) is 11.1 Å². The van der Waals surface area contributed by atoms with Gasteiger partial charge in [-0.1, -0.05) is 23.8 Å². The van der Waals surface area contributed by atoms with Crippen LogP contribution in [0.1, 0.15) is 31.8 Å². The summed E-state index contributed by atoms with van der Waals surface area (Å²) in [7, 11) is 0. The summed E-state index contributed by atoms with van der Waals surface area (Å²) < 4.78 is 13.2. The molecule has 5 nitrogen and oxygen atoms in total. The van der Waals surface area contributed by atoms with Gasteiger partial charge in [0.15, 0.2) is 0 Å². The summed E-state index contributed by atoms with van der Waals surface area (Å²) in [4.78, 5) is 28.8. The number of nitrogens with zero attached hydrogens (tertiary/aromatic N) is 1. The molecule has 27 heavy (non-hydrogen) atoms. The molecule has 136 valence electrons. The van der Waals surface area contributed by atoms with E-state index in [1.165, 1.54) is 36.7 Å². The molecule has 0 saturated carbocycles. The van der Waals surface area contributed by atoms with Crippen LogP contribution < -0.4 is 10.6 Å². The number of hydrogen-bond acceptors (Lipinski definition) is 3. The maximum Gasteiger partial charge on any atom is 0.257 e. The maximum absolute atomic E-state index is 13.2. The number of rotatable bonds is 4. The van der Waals surface area contributed by atoms with E-state index in [9.17, 15) is 14.0 Å². The van der Waals surface area contributed by atoms with E-state index < -0.39 is 11.7 Å². The second-order valence-corrected chi connectivity index (χ2v) is 6.20. The molecule has 1 aromatic heterocycles. The molecule has 0 atom stereocenters. The topological polar surface area (TPSA) is 71.1 Å². The minimum absolute atomic E-state index is 0.201. The van der Waals surface area contributed by atoms with Crippen molar-refractivity contribution in [3.63, 3.8) is 0 Å². The zero-order valence-corrected chi connectivity index (χ0v) is 14.9. The number of benzene rings is 2. The maximum atomic E-state index is 13.2. The van der Waals surface area contributed by atoms with Crippen LogP contribution in [0.25, 0.3) is 0 Å². The van der Waals surface area contributed by atoms with Crippen molar-refractivity contribution >= 4 is 23.2 Å². The molecule has 6 heteroatoms. The van der Waals surface area contributed by atoms with Gasteiger partial charge in [-0.05, 0) is 49.7 Å². The third kappa shape index (κ3) is 4.55. The Kier molecular flexibility index (Phi) is 5.26. The molecule has 3 rings (SSSR count). The molecular formula is C21H18FN3O2. The molecule has 2 amide bonds. The Morgan fingerprint density at radius 3 is 2.26 bits per heavy atom. The number of carbonyl (C=O) groups is 2. The first-order valence-corrected chi connectivity index (χ1v) is 8.33. The Morgan fingerprint density at radius 1 is 0.889 bits per heavy atom. The number of aromatic nitrogens is 1. The molecule has 0 fully saturated rings. The Balaban J connectivity index is 1.76. The SMILES string of the molecule is Cc1ccc(NC(=O)c2cncc(C(=O)Nc3cccc(F)c3)c2)c(C)c1. The number of amides is 2. The first-order chi connectivity index (χ1) is 12.9. The van der Waals surface area contributed by atoms with Gasteiger partial charge in [-0.2, -0.15) is 0 Å². The number of hydrogen-bond donors (Lipinski definition) is 2. The van der Waals surface area contributed by atoms with E-state index >= 15 is 0 Å². The van der Waals surface area contributed by atoms with Crippen molar-refractivity contribution in [1.29, 1.82) is 0 Å². The van der Waals surface area contributed by atoms with Crippen molar-refractivity contribution in [2.24, 2.45) is 0 Å². The molecule has 2 aromatic carbocycles. The van der Waals surface area contributed by atoms with E-state index in [0.717, 1.165) is 11.1 Å². The normalized spacial score (nSPS) is 10.3. The summed E-state index contributed by atoms with van der Waals surface area (Å²) >= 11 is 0. The summed E-state index contributed by atoms with van der Waals surface area (Å²) in [5.41, 5.74) is 3.51. The molecule has 3 aromatic rings. The standard InChI is InChI=1S/C21H18FN3O2/c1-13-6-7-19(14(2)8-13)25-21(27)16-9-15(11-23-12-16)20(26)24-18-5-3-4-17(22)10-18/h3-12H,1-2H3,(H,24,26)(H,25,27). The Labute approximate surface area is 156 Å². The van der Waals surface area contributed by atoms with Crippen molar-refractivity contribution in [3.05, 3.63) is 89.0 Å². The van der Waals surface area contributed by atoms with E-state index in [4.69, 9.17) is 0 Å². The van der Waals surface area contributed by atoms with E-state index in [1.54, 1.807) is 6.07 Å². The van der Waals surface area contributed by atoms with Gasteiger partial charge in [-0.15, -0.1) is 0 Å². The summed E-state index contributed by atoms with van der Waals surface area (Å²) in [6.45, 7) is 3.88. The largest absolute Gasteiger partial charge is 0.322 e. The third-order valence-corrected chi connectivity index (χ3v) is 3.98. The lowest BCUT2D eigenvalue weighted by Crippen LogP contribution is -2.16. The lowest BCUT2D eigenvalue weighted by Gasteiger charge is -2.10. The monoisotopic (exact) mass is 363 g/mol. The highest BCUT2D eigenvalue weighted by Crippen LogP contribution is 2.17. The summed E-state index contributed by atoms with van der Waals surface area (Å²) in [5.74, 6) is -1.29. The van der Waals surface area contributed by atoms with E-state index in [1.807, 2.05) is 32.0 Å². The minimum Gasteiger partial charge on any atom is -0.322 e. The highest BCUT2D eigenvalue weighted by molar-refractivity contribution is 6.08. The smallest absolute Gasteiger partial charge is 0.257 e. The zero-order chi connectivity index (χ0) is 19.4. The second kappa shape index (κ2) is 7.78. The fourth-order valence-corrected chi connectivity index (χ4v) is 2.61. The van der Waals surface area contributed by atoms with Crippen LogP contribution in [0.3, 0.4) is 0 Å². The fraction of sp³-hybridized carbons (Fsp3) is 0.0952. The summed E-state index contributed by atoms with van der Waals surface area (Å²) in [6.07, 6.45) is 2.74. The first kappa shape index (κ1) is 18.3. The molecule has 0 spiro atoms. The van der Waals surface area contributed by atoms with Gasteiger partial charge < -0.3 is 10.6 Å². The molecule has 2 N–H and O–H groups in total. The minimum atomic E-state index is -0.478. The van der Waals surface area contributed by atoms with Gasteiger partial charge in [0.25, 0.3) is 11.8 Å². The predicted octanol–water partition coefficient (Wildman–Crippen LogP) is 4.34. The third-order valence-electron chi connectivity index (χ3n) is 3.98. The van der Waals surface area contributed by atoms with Gasteiger partial charge in [-0.3, -0.25) is 14.6 Å². The fourth-order valence-electron chi connectivity index (χ4n) is 2.61. The van der Waals surface area contributed by atoms with Gasteiger partial charge in [0, 0.05) is 23.8 Å². The lowest BCUT2D eigenvalue weighted by atomic mass is 10.1. The van der Waals surface area contributed by atoms with Gasteiger partial charge >= 0.3 is 0 Å². The van der Waals surface area contributed by atoms with Crippen LogP contribution in [0, 0.1) is 19.7 Å². The van der Waals surface area contributed by atoms with Gasteiger partial charge in [-0.25, -0.2) is 4.39 Å². The molecule has 0 radical (unpaired) electrons. The molecule has 1 heterocycles. The van der Waals surface area contributed by atoms with Crippen molar-refractivity contribution in [1.82, 2.24) is 4.98 Å². The second-order valence-electron chi connectivity index (χ2n) is 6.20. The van der Waals surface area contributed by atoms with Crippen LogP contribution in [0.15, 0.2) is 60.9 Å². The number of nitrogens with one attached hydrogen (secondary N) is 2. The van der Waals surface area contributed by atoms with Crippen LogP contribution in [-0.4, -0.2) is 16.8 Å². The van der Waals surface area contributed by atoms with Gasteiger partial charge in [0.2, 0.25) is 0 Å². The molecule has 0 aliphatic carbocycles. The van der Waals surface area contributed by atoms with Crippen molar-refractivity contribution < 1.29 is 14.0 Å². The van der Waals surface area contributed by atoms with E-state index in [0.29, 0.717) is 11.4 Å². The molecule has 0 unspecified atom stereocenters. The molecule has 0 saturated heterocycles. The average Bonchev–Trinajstić information content (AvgIpc) is 2.64. The molecule has 0 aliphatic heterocycles. The van der Waals surface area contributed by atoms with E-state index in [-0.39, 0.29) is 17.0 Å². The lowest BCUT2D eigenvalue weighted by molar-refractivity contribution is 0.102. The van der Waals surface area contributed by atoms with Crippen LogP contribution in [-0.2, 0) is 0 Å². The molecular weight excluding hydrogens is 345 g/mol. The van der Waals surface area contributed by atoms with Crippen molar-refractivity contribution in [2.75, 3.05) is 10.6 Å². The number of carbonyl (C=O) groups excluding carboxylic acids is 2. The Bertz CT molecular complexity index is 1020. The summed E-state index contributed by atoms with van der Waals surface area (Å²) in [6, 6.07) is 12.7. The van der Waals surface area contributed by atoms with Crippen LogP contribution in [0.4, 0.5) is 15.8 Å². The number of aryl methyl sites for hydroxylation is 2. The van der Waals surface area contributed by atoms with E-state index in [2.05, 4.69) is 15.6 Å². The zero-order valence-electron chi connectivity index (χ0n) is 14.9. The Morgan fingerprint density at radius 2 is 1.59 bits per heavy atom. The van der Waals surface area contributed by atoms with Crippen LogP contribution >= 0.6 is 0 Å². The molecule has 0 aliphatic rings. The highest BCUT2D eigenvalue weighted by Gasteiger charge is 2.13. The van der Waals surface area contributed by atoms with Gasteiger partial charge in [0.1, 0.15) is 5.82 Å².